The highest BCUT2D eigenvalue weighted by atomic mass is 32.1. The maximum atomic E-state index is 12.3. The molecule has 0 unspecified atom stereocenters. The van der Waals surface area contributed by atoms with Gasteiger partial charge in [0, 0.05) is 13.1 Å². The molecule has 8 nitrogen and oxygen atoms in total. The van der Waals surface area contributed by atoms with E-state index in [1.54, 1.807) is 31.2 Å². The van der Waals surface area contributed by atoms with E-state index in [9.17, 15) is 9.59 Å². The van der Waals surface area contributed by atoms with Crippen LogP contribution < -0.4 is 15.5 Å². The molecule has 2 amide bonds. The van der Waals surface area contributed by atoms with Crippen molar-refractivity contribution < 1.29 is 14.3 Å². The summed E-state index contributed by atoms with van der Waals surface area (Å²) in [5.74, 6) is 0.146. The number of para-hydroxylation sites is 1. The Labute approximate surface area is 161 Å². The molecule has 0 aliphatic carbocycles. The molecule has 0 radical (unpaired) electrons. The molecule has 2 heterocycles. The van der Waals surface area contributed by atoms with Crippen molar-refractivity contribution in [3.05, 3.63) is 29.8 Å². The molecular weight excluding hydrogens is 366 g/mol. The minimum Gasteiger partial charge on any atom is -0.462 e. The Bertz CT molecular complexity index is 810. The summed E-state index contributed by atoms with van der Waals surface area (Å²) in [7, 11) is 0. The van der Waals surface area contributed by atoms with Crippen molar-refractivity contribution in [2.45, 2.75) is 26.7 Å². The second-order valence-corrected chi connectivity index (χ2v) is 7.38. The lowest BCUT2D eigenvalue weighted by Gasteiger charge is -2.29. The van der Waals surface area contributed by atoms with Gasteiger partial charge in [-0.3, -0.25) is 5.32 Å². The van der Waals surface area contributed by atoms with Crippen LogP contribution in [-0.4, -0.2) is 41.9 Å². The molecule has 9 heteroatoms. The van der Waals surface area contributed by atoms with Gasteiger partial charge in [0.25, 0.3) is 0 Å². The molecule has 0 saturated carbocycles. The van der Waals surface area contributed by atoms with Gasteiger partial charge in [0.1, 0.15) is 0 Å². The van der Waals surface area contributed by atoms with Crippen molar-refractivity contribution in [3.63, 3.8) is 0 Å². The van der Waals surface area contributed by atoms with Gasteiger partial charge < -0.3 is 15.0 Å². The third kappa shape index (κ3) is 4.94. The molecule has 0 bridgehead atoms. The number of hydrogen-bond donors (Lipinski definition) is 2. The van der Waals surface area contributed by atoms with Gasteiger partial charge >= 0.3 is 12.0 Å². The van der Waals surface area contributed by atoms with E-state index in [4.69, 9.17) is 4.74 Å². The molecule has 1 atom stereocenters. The van der Waals surface area contributed by atoms with Crippen molar-refractivity contribution in [2.24, 2.45) is 5.92 Å². The van der Waals surface area contributed by atoms with Gasteiger partial charge in [-0.1, -0.05) is 30.4 Å². The van der Waals surface area contributed by atoms with Crippen LogP contribution in [0.1, 0.15) is 37.0 Å². The number of nitrogens with zero attached hydrogens (tertiary/aromatic N) is 3. The van der Waals surface area contributed by atoms with Gasteiger partial charge in [0.2, 0.25) is 10.3 Å². The number of aromatic nitrogens is 2. The predicted octanol–water partition coefficient (Wildman–Crippen LogP) is 3.60. The summed E-state index contributed by atoms with van der Waals surface area (Å²) in [5, 5.41) is 14.8. The van der Waals surface area contributed by atoms with Crippen molar-refractivity contribution in [2.75, 3.05) is 35.2 Å². The Hall–Kier alpha value is -2.68. The lowest BCUT2D eigenvalue weighted by Crippen LogP contribution is -2.34. The molecular formula is C18H23N5O3S. The molecule has 1 aromatic heterocycles. The lowest BCUT2D eigenvalue weighted by molar-refractivity contribution is 0.0527. The SMILES string of the molecule is CCOC(=O)c1ccccc1NC(=O)Nc1nnc(N2CCC[C@@H](C)C2)s1. The third-order valence-corrected chi connectivity index (χ3v) is 5.13. The molecule has 2 N–H and O–H groups in total. The van der Waals surface area contributed by atoms with Gasteiger partial charge in [0.15, 0.2) is 0 Å². The number of nitrogens with one attached hydrogen (secondary N) is 2. The van der Waals surface area contributed by atoms with Gasteiger partial charge in [0.05, 0.1) is 17.9 Å². The van der Waals surface area contributed by atoms with Gasteiger partial charge in [-0.05, 0) is 37.8 Å². The van der Waals surface area contributed by atoms with E-state index in [0.29, 0.717) is 22.3 Å². The monoisotopic (exact) mass is 389 g/mol. The van der Waals surface area contributed by atoms with Crippen LogP contribution in [0.3, 0.4) is 0 Å². The molecule has 1 aliphatic heterocycles. The first-order chi connectivity index (χ1) is 13.1. The van der Waals surface area contributed by atoms with Crippen LogP contribution in [-0.2, 0) is 4.74 Å². The van der Waals surface area contributed by atoms with Crippen LogP contribution in [0.5, 0.6) is 0 Å². The second-order valence-electron chi connectivity index (χ2n) is 6.43. The average Bonchev–Trinajstić information content (AvgIpc) is 3.10. The maximum absolute atomic E-state index is 12.3. The number of anilines is 3. The van der Waals surface area contributed by atoms with Crippen LogP contribution in [0, 0.1) is 5.92 Å². The first kappa shape index (κ1) is 19.1. The van der Waals surface area contributed by atoms with Crippen LogP contribution >= 0.6 is 11.3 Å². The van der Waals surface area contributed by atoms with Gasteiger partial charge in [-0.15, -0.1) is 10.2 Å². The first-order valence-electron chi connectivity index (χ1n) is 8.99. The van der Waals surface area contributed by atoms with E-state index in [2.05, 4.69) is 32.7 Å². The Morgan fingerprint density at radius 3 is 2.89 bits per heavy atom. The Kier molecular flexibility index (Phi) is 6.23. The fourth-order valence-corrected chi connectivity index (χ4v) is 3.76. The molecule has 27 heavy (non-hydrogen) atoms. The zero-order valence-corrected chi connectivity index (χ0v) is 16.2. The zero-order valence-electron chi connectivity index (χ0n) is 15.4. The summed E-state index contributed by atoms with van der Waals surface area (Å²) in [6.07, 6.45) is 2.36. The smallest absolute Gasteiger partial charge is 0.340 e. The van der Waals surface area contributed by atoms with E-state index in [1.807, 2.05) is 0 Å². The number of amides is 2. The summed E-state index contributed by atoms with van der Waals surface area (Å²) in [6.45, 7) is 6.13. The molecule has 2 aromatic rings. The quantitative estimate of drug-likeness (QED) is 0.759. The van der Waals surface area contributed by atoms with Crippen LogP contribution in [0.25, 0.3) is 0 Å². The molecule has 144 valence electrons. The number of rotatable bonds is 5. The number of urea groups is 1. The summed E-state index contributed by atoms with van der Waals surface area (Å²) in [4.78, 5) is 26.5. The number of ether oxygens (including phenoxy) is 1. The minimum atomic E-state index is -0.485. The van der Waals surface area contributed by atoms with E-state index in [1.165, 1.54) is 17.8 Å². The predicted molar refractivity (Wildman–Crippen MR) is 106 cm³/mol. The lowest BCUT2D eigenvalue weighted by atomic mass is 10.0. The highest BCUT2D eigenvalue weighted by Crippen LogP contribution is 2.28. The van der Waals surface area contributed by atoms with E-state index >= 15 is 0 Å². The number of benzene rings is 1. The van der Waals surface area contributed by atoms with E-state index < -0.39 is 12.0 Å². The Morgan fingerprint density at radius 1 is 1.30 bits per heavy atom. The van der Waals surface area contributed by atoms with Crippen LogP contribution in [0.4, 0.5) is 20.7 Å². The number of carbonyl (C=O) groups excluding carboxylic acids is 2. The fourth-order valence-electron chi connectivity index (χ4n) is 2.99. The Morgan fingerprint density at radius 2 is 2.11 bits per heavy atom. The first-order valence-corrected chi connectivity index (χ1v) is 9.81. The van der Waals surface area contributed by atoms with E-state index in [-0.39, 0.29) is 6.61 Å². The number of piperidine rings is 1. The van der Waals surface area contributed by atoms with Gasteiger partial charge in [-0.25, -0.2) is 9.59 Å². The van der Waals surface area contributed by atoms with Crippen molar-refractivity contribution >= 4 is 39.3 Å². The average molecular weight is 389 g/mol. The normalized spacial score (nSPS) is 16.7. The molecule has 1 aromatic carbocycles. The second kappa shape index (κ2) is 8.81. The number of hydrogen-bond acceptors (Lipinski definition) is 7. The highest BCUT2D eigenvalue weighted by Gasteiger charge is 2.20. The summed E-state index contributed by atoms with van der Waals surface area (Å²) in [5.41, 5.74) is 0.679. The topological polar surface area (TPSA) is 96.4 Å². The maximum Gasteiger partial charge on any atom is 0.340 e. The molecule has 1 saturated heterocycles. The van der Waals surface area contributed by atoms with E-state index in [0.717, 1.165) is 24.6 Å². The Balaban J connectivity index is 1.63. The summed E-state index contributed by atoms with van der Waals surface area (Å²) in [6, 6.07) is 6.22. The van der Waals surface area contributed by atoms with Crippen molar-refractivity contribution in [1.82, 2.24) is 10.2 Å². The summed E-state index contributed by atoms with van der Waals surface area (Å²) < 4.78 is 5.01. The van der Waals surface area contributed by atoms with Crippen molar-refractivity contribution in [3.8, 4) is 0 Å². The fraction of sp³-hybridized carbons (Fsp3) is 0.444. The largest absolute Gasteiger partial charge is 0.462 e. The van der Waals surface area contributed by atoms with Crippen LogP contribution in [0.15, 0.2) is 24.3 Å². The zero-order chi connectivity index (χ0) is 19.2. The molecule has 3 rings (SSSR count). The molecule has 0 spiro atoms. The van der Waals surface area contributed by atoms with Crippen molar-refractivity contribution in [1.29, 1.82) is 0 Å². The summed E-state index contributed by atoms with van der Waals surface area (Å²) >= 11 is 1.34. The minimum absolute atomic E-state index is 0.266. The third-order valence-electron chi connectivity index (χ3n) is 4.23. The number of carbonyl (C=O) groups is 2. The molecule has 1 fully saturated rings. The van der Waals surface area contributed by atoms with Crippen LogP contribution in [0.2, 0.25) is 0 Å². The van der Waals surface area contributed by atoms with Gasteiger partial charge in [-0.2, -0.15) is 0 Å². The highest BCUT2D eigenvalue weighted by molar-refractivity contribution is 7.19. The number of esters is 1. The standard InChI is InChI=1S/C18H23N5O3S/c1-3-26-15(24)13-8-4-5-9-14(13)19-16(25)20-17-21-22-18(27-17)23-10-6-7-12(2)11-23/h4-5,8-9,12H,3,6-7,10-11H2,1-2H3,(H2,19,20,21,25)/t12-/m1/s1. The molecule has 1 aliphatic rings.